The van der Waals surface area contributed by atoms with Crippen molar-refractivity contribution in [2.45, 2.75) is 46.8 Å². The molecule has 1 heterocycles. The second-order valence-electron chi connectivity index (χ2n) is 4.46. The Morgan fingerprint density at radius 1 is 1.47 bits per heavy atom. The van der Waals surface area contributed by atoms with Crippen LogP contribution in [0.4, 0.5) is 0 Å². The minimum absolute atomic E-state index is 0.167. The zero-order chi connectivity index (χ0) is 14.8. The van der Waals surface area contributed by atoms with E-state index in [0.29, 0.717) is 5.57 Å². The second kappa shape index (κ2) is 9.55. The first-order chi connectivity index (χ1) is 8.92. The normalized spacial score (nSPS) is 15.3. The first kappa shape index (κ1) is 17.6. The van der Waals surface area contributed by atoms with Crippen LogP contribution in [0.25, 0.3) is 0 Å². The summed E-state index contributed by atoms with van der Waals surface area (Å²) < 4.78 is 5.14. The maximum atomic E-state index is 11.1. The number of esters is 1. The fourth-order valence-corrected chi connectivity index (χ4v) is 1.63. The smallest absolute Gasteiger partial charge is 0.334 e. The molecular weight excluding hydrogens is 244 g/mol. The van der Waals surface area contributed by atoms with Crippen molar-refractivity contribution in [2.24, 2.45) is 0 Å². The molecule has 0 bridgehead atoms. The molecule has 1 saturated heterocycles. The second-order valence-corrected chi connectivity index (χ2v) is 4.46. The summed E-state index contributed by atoms with van der Waals surface area (Å²) in [6.07, 6.45) is 1.60. The van der Waals surface area contributed by atoms with E-state index in [4.69, 9.17) is 4.74 Å². The molecule has 0 aromatic heterocycles. The zero-order valence-corrected chi connectivity index (χ0v) is 12.5. The van der Waals surface area contributed by atoms with E-state index < -0.39 is 0 Å². The molecule has 0 aromatic rings. The van der Waals surface area contributed by atoms with Gasteiger partial charge in [0.05, 0.1) is 0 Å². The number of nitrogens with one attached hydrogen (secondary N) is 1. The van der Waals surface area contributed by atoms with Gasteiger partial charge in [0.15, 0.2) is 6.23 Å². The number of amides is 1. The van der Waals surface area contributed by atoms with Gasteiger partial charge in [-0.3, -0.25) is 9.69 Å². The van der Waals surface area contributed by atoms with Gasteiger partial charge in [0, 0.05) is 18.5 Å². The van der Waals surface area contributed by atoms with Crippen molar-refractivity contribution in [3.63, 3.8) is 0 Å². The van der Waals surface area contributed by atoms with E-state index in [-0.39, 0.29) is 18.1 Å². The third-order valence-corrected chi connectivity index (χ3v) is 2.86. The molecule has 0 aromatic carbocycles. The van der Waals surface area contributed by atoms with Gasteiger partial charge in [-0.25, -0.2) is 4.79 Å². The van der Waals surface area contributed by atoms with Gasteiger partial charge in [-0.15, -0.1) is 0 Å². The van der Waals surface area contributed by atoms with Gasteiger partial charge in [-0.05, 0) is 33.4 Å². The van der Waals surface area contributed by atoms with E-state index >= 15 is 0 Å². The minimum atomic E-state index is -0.320. The molecule has 0 saturated carbocycles. The molecular formula is C14H26N2O3. The van der Waals surface area contributed by atoms with Gasteiger partial charge >= 0.3 is 5.97 Å². The van der Waals surface area contributed by atoms with E-state index in [0.717, 1.165) is 32.5 Å². The first-order valence-electron chi connectivity index (χ1n) is 6.79. The standard InChI is InChI=1S/C10H19NO2.C4H7NO/c1-6-11(7-2)9(5)13-10(12)8(3)4;6-4-2-1-3-5-4/h9H,3,6-7H2,1-2,4-5H3;1-3H2,(H,5,6). The largest absolute Gasteiger partial charge is 0.443 e. The molecule has 1 atom stereocenters. The summed E-state index contributed by atoms with van der Waals surface area (Å²) in [7, 11) is 0. The summed E-state index contributed by atoms with van der Waals surface area (Å²) in [6.45, 7) is 13.8. The lowest BCUT2D eigenvalue weighted by molar-refractivity contribution is -0.152. The van der Waals surface area contributed by atoms with Crippen LogP contribution in [0.2, 0.25) is 0 Å². The number of carbonyl (C=O) groups excluding carboxylic acids is 2. The number of hydrogen-bond donors (Lipinski definition) is 1. The van der Waals surface area contributed by atoms with Gasteiger partial charge in [-0.2, -0.15) is 0 Å². The van der Waals surface area contributed by atoms with Crippen LogP contribution in [-0.2, 0) is 14.3 Å². The fraction of sp³-hybridized carbons (Fsp3) is 0.714. The molecule has 0 spiro atoms. The van der Waals surface area contributed by atoms with Crippen LogP contribution in [0.3, 0.4) is 0 Å². The highest BCUT2D eigenvalue weighted by Gasteiger charge is 2.14. The molecule has 1 rings (SSSR count). The average Bonchev–Trinajstić information content (AvgIpc) is 2.82. The van der Waals surface area contributed by atoms with Crippen molar-refractivity contribution in [2.75, 3.05) is 19.6 Å². The lowest BCUT2D eigenvalue weighted by Crippen LogP contribution is -2.36. The lowest BCUT2D eigenvalue weighted by atomic mass is 10.3. The molecule has 1 aliphatic rings. The maximum Gasteiger partial charge on any atom is 0.334 e. The fourth-order valence-electron chi connectivity index (χ4n) is 1.63. The third kappa shape index (κ3) is 7.62. The SMILES string of the molecule is C=C(C)C(=O)OC(C)N(CC)CC.O=C1CCCN1. The van der Waals surface area contributed by atoms with Crippen molar-refractivity contribution < 1.29 is 14.3 Å². The van der Waals surface area contributed by atoms with E-state index in [1.165, 1.54) is 0 Å². The van der Waals surface area contributed by atoms with Crippen molar-refractivity contribution in [3.8, 4) is 0 Å². The topological polar surface area (TPSA) is 58.6 Å². The van der Waals surface area contributed by atoms with Gasteiger partial charge in [0.2, 0.25) is 5.91 Å². The highest BCUT2D eigenvalue weighted by Crippen LogP contribution is 2.03. The number of nitrogens with zero attached hydrogens (tertiary/aromatic N) is 1. The number of hydrogen-bond acceptors (Lipinski definition) is 4. The Kier molecular flexibility index (Phi) is 8.87. The molecule has 1 fully saturated rings. The Hall–Kier alpha value is -1.36. The van der Waals surface area contributed by atoms with Crippen molar-refractivity contribution in [3.05, 3.63) is 12.2 Å². The Bertz CT molecular complexity index is 304. The van der Waals surface area contributed by atoms with Crippen LogP contribution in [0, 0.1) is 0 Å². The summed E-state index contributed by atoms with van der Waals surface area (Å²) in [6, 6.07) is 0. The highest BCUT2D eigenvalue weighted by atomic mass is 16.6. The van der Waals surface area contributed by atoms with Crippen molar-refractivity contribution in [1.29, 1.82) is 0 Å². The predicted octanol–water partition coefficient (Wildman–Crippen LogP) is 1.69. The highest BCUT2D eigenvalue weighted by molar-refractivity contribution is 5.87. The molecule has 19 heavy (non-hydrogen) atoms. The van der Waals surface area contributed by atoms with Crippen molar-refractivity contribution >= 4 is 11.9 Å². The van der Waals surface area contributed by atoms with Crippen LogP contribution in [-0.4, -0.2) is 42.6 Å². The summed E-state index contributed by atoms with van der Waals surface area (Å²) in [5.74, 6) is -0.116. The first-order valence-corrected chi connectivity index (χ1v) is 6.79. The minimum Gasteiger partial charge on any atom is -0.443 e. The van der Waals surface area contributed by atoms with E-state index in [1.807, 2.05) is 20.8 Å². The van der Waals surface area contributed by atoms with E-state index in [1.54, 1.807) is 6.92 Å². The van der Waals surface area contributed by atoms with Gasteiger partial charge < -0.3 is 10.1 Å². The maximum absolute atomic E-state index is 11.1. The number of carbonyl (C=O) groups is 2. The zero-order valence-electron chi connectivity index (χ0n) is 12.5. The Labute approximate surface area is 116 Å². The molecule has 110 valence electrons. The summed E-state index contributed by atoms with van der Waals surface area (Å²) in [4.78, 5) is 23.3. The number of ether oxygens (including phenoxy) is 1. The summed E-state index contributed by atoms with van der Waals surface area (Å²) >= 11 is 0. The van der Waals surface area contributed by atoms with Gasteiger partial charge in [0.25, 0.3) is 0 Å². The molecule has 1 aliphatic heterocycles. The predicted molar refractivity (Wildman–Crippen MR) is 75.5 cm³/mol. The molecule has 1 unspecified atom stereocenters. The molecule has 0 aliphatic carbocycles. The molecule has 1 N–H and O–H groups in total. The molecule has 1 amide bonds. The lowest BCUT2D eigenvalue weighted by Gasteiger charge is -2.25. The summed E-state index contributed by atoms with van der Waals surface area (Å²) in [5.41, 5.74) is 0.444. The quantitative estimate of drug-likeness (QED) is 0.469. The van der Waals surface area contributed by atoms with Crippen LogP contribution in [0.5, 0.6) is 0 Å². The monoisotopic (exact) mass is 270 g/mol. The molecule has 5 heteroatoms. The van der Waals surface area contributed by atoms with Crippen LogP contribution in [0.1, 0.15) is 40.5 Å². The van der Waals surface area contributed by atoms with E-state index in [2.05, 4.69) is 16.8 Å². The van der Waals surface area contributed by atoms with Gasteiger partial charge in [-0.1, -0.05) is 20.4 Å². The Morgan fingerprint density at radius 3 is 2.32 bits per heavy atom. The van der Waals surface area contributed by atoms with Crippen LogP contribution >= 0.6 is 0 Å². The van der Waals surface area contributed by atoms with Crippen molar-refractivity contribution in [1.82, 2.24) is 10.2 Å². The van der Waals surface area contributed by atoms with Crippen LogP contribution < -0.4 is 5.32 Å². The van der Waals surface area contributed by atoms with Crippen LogP contribution in [0.15, 0.2) is 12.2 Å². The Morgan fingerprint density at radius 2 is 2.05 bits per heavy atom. The van der Waals surface area contributed by atoms with E-state index in [9.17, 15) is 9.59 Å². The molecule has 0 radical (unpaired) electrons. The third-order valence-electron chi connectivity index (χ3n) is 2.86. The number of rotatable bonds is 5. The Balaban J connectivity index is 0.000000443. The van der Waals surface area contributed by atoms with Gasteiger partial charge in [0.1, 0.15) is 0 Å². The molecule has 5 nitrogen and oxygen atoms in total. The summed E-state index contributed by atoms with van der Waals surface area (Å²) in [5, 5.41) is 2.68. The average molecular weight is 270 g/mol.